The van der Waals surface area contributed by atoms with Crippen molar-refractivity contribution in [3.63, 3.8) is 0 Å². The van der Waals surface area contributed by atoms with E-state index in [1.165, 1.54) is 11.1 Å². The Labute approximate surface area is 117 Å². The number of allylic oxidation sites excluding steroid dienone is 1. The predicted octanol–water partition coefficient (Wildman–Crippen LogP) is 5.65. The number of rotatable bonds is 3. The topological polar surface area (TPSA) is 0 Å². The molecule has 0 heterocycles. The Morgan fingerprint density at radius 3 is 2.40 bits per heavy atom. The lowest BCUT2D eigenvalue weighted by Crippen LogP contribution is -1.94. The standard InChI is InChI=1S/C12H13Br3/c1-8(2)10(7-13)5-9-3-4-11(14)12(15)6-9/h3-6,8H,7H2,1-2H3/b10-5+. The van der Waals surface area contributed by atoms with Gasteiger partial charge in [-0.3, -0.25) is 0 Å². The maximum atomic E-state index is 3.52. The number of alkyl halides is 1. The van der Waals surface area contributed by atoms with Crippen molar-refractivity contribution in [2.45, 2.75) is 13.8 Å². The Morgan fingerprint density at radius 2 is 1.93 bits per heavy atom. The molecule has 1 aromatic rings. The summed E-state index contributed by atoms with van der Waals surface area (Å²) in [7, 11) is 0. The molecule has 0 unspecified atom stereocenters. The van der Waals surface area contributed by atoms with Crippen LogP contribution in [0.1, 0.15) is 19.4 Å². The molecule has 0 nitrogen and oxygen atoms in total. The van der Waals surface area contributed by atoms with Crippen LogP contribution < -0.4 is 0 Å². The molecule has 0 saturated heterocycles. The molecular weight excluding hydrogens is 384 g/mol. The molecule has 0 spiro atoms. The average molecular weight is 397 g/mol. The molecule has 0 radical (unpaired) electrons. The number of halogens is 3. The fourth-order valence-corrected chi connectivity index (χ4v) is 2.63. The van der Waals surface area contributed by atoms with E-state index in [2.05, 4.69) is 85.9 Å². The molecule has 0 saturated carbocycles. The Hall–Kier alpha value is 0.400. The molecule has 0 atom stereocenters. The quantitative estimate of drug-likeness (QED) is 0.579. The molecule has 82 valence electrons. The minimum atomic E-state index is 0.576. The molecule has 0 aliphatic carbocycles. The van der Waals surface area contributed by atoms with Gasteiger partial charge < -0.3 is 0 Å². The highest BCUT2D eigenvalue weighted by Crippen LogP contribution is 2.26. The summed E-state index contributed by atoms with van der Waals surface area (Å²) >= 11 is 10.5. The van der Waals surface area contributed by atoms with E-state index in [1.54, 1.807) is 0 Å². The normalized spacial score (nSPS) is 12.3. The second-order valence-electron chi connectivity index (χ2n) is 3.68. The van der Waals surface area contributed by atoms with E-state index in [0.29, 0.717) is 5.92 Å². The van der Waals surface area contributed by atoms with Crippen LogP contribution in [0.15, 0.2) is 32.7 Å². The van der Waals surface area contributed by atoms with Gasteiger partial charge in [-0.1, -0.05) is 47.5 Å². The third-order valence-corrected chi connectivity index (χ3v) is 4.72. The first-order chi connectivity index (χ1) is 7.04. The van der Waals surface area contributed by atoms with Gasteiger partial charge in [0, 0.05) is 14.3 Å². The Morgan fingerprint density at radius 1 is 1.27 bits per heavy atom. The minimum Gasteiger partial charge on any atom is -0.0880 e. The van der Waals surface area contributed by atoms with Crippen molar-refractivity contribution in [1.82, 2.24) is 0 Å². The van der Waals surface area contributed by atoms with Crippen LogP contribution in [-0.2, 0) is 0 Å². The van der Waals surface area contributed by atoms with E-state index < -0.39 is 0 Å². The highest BCUT2D eigenvalue weighted by Gasteiger charge is 2.02. The molecule has 0 aliphatic rings. The minimum absolute atomic E-state index is 0.576. The zero-order valence-electron chi connectivity index (χ0n) is 8.73. The van der Waals surface area contributed by atoms with Crippen molar-refractivity contribution in [3.8, 4) is 0 Å². The van der Waals surface area contributed by atoms with Gasteiger partial charge in [-0.2, -0.15) is 0 Å². The van der Waals surface area contributed by atoms with Gasteiger partial charge in [-0.25, -0.2) is 0 Å². The zero-order chi connectivity index (χ0) is 11.4. The molecule has 0 aliphatic heterocycles. The molecule has 0 bridgehead atoms. The molecule has 1 aromatic carbocycles. The summed E-state index contributed by atoms with van der Waals surface area (Å²) in [6.07, 6.45) is 2.23. The summed E-state index contributed by atoms with van der Waals surface area (Å²) in [6.45, 7) is 4.42. The third kappa shape index (κ3) is 4.04. The highest BCUT2D eigenvalue weighted by molar-refractivity contribution is 9.13. The molecule has 0 aromatic heterocycles. The largest absolute Gasteiger partial charge is 0.0880 e. The van der Waals surface area contributed by atoms with E-state index >= 15 is 0 Å². The van der Waals surface area contributed by atoms with Gasteiger partial charge in [-0.15, -0.1) is 0 Å². The van der Waals surface area contributed by atoms with Gasteiger partial charge in [0.05, 0.1) is 0 Å². The first-order valence-electron chi connectivity index (χ1n) is 4.76. The number of benzene rings is 1. The van der Waals surface area contributed by atoms with Crippen LogP contribution in [0.2, 0.25) is 0 Å². The highest BCUT2D eigenvalue weighted by atomic mass is 79.9. The molecule has 1 rings (SSSR count). The van der Waals surface area contributed by atoms with Crippen LogP contribution in [-0.4, -0.2) is 5.33 Å². The molecular formula is C12H13Br3. The van der Waals surface area contributed by atoms with Crippen molar-refractivity contribution in [1.29, 1.82) is 0 Å². The van der Waals surface area contributed by atoms with E-state index in [1.807, 2.05) is 0 Å². The lowest BCUT2D eigenvalue weighted by atomic mass is 10.0. The number of hydrogen-bond donors (Lipinski definition) is 0. The number of hydrogen-bond acceptors (Lipinski definition) is 0. The van der Waals surface area contributed by atoms with Crippen molar-refractivity contribution in [2.75, 3.05) is 5.33 Å². The molecule has 15 heavy (non-hydrogen) atoms. The SMILES string of the molecule is CC(C)/C(=C/c1ccc(Br)c(Br)c1)CBr. The summed E-state index contributed by atoms with van der Waals surface area (Å²) in [4.78, 5) is 0. The first-order valence-corrected chi connectivity index (χ1v) is 7.47. The van der Waals surface area contributed by atoms with Gasteiger partial charge in [0.15, 0.2) is 0 Å². The third-order valence-electron chi connectivity index (χ3n) is 2.19. The fourth-order valence-electron chi connectivity index (χ4n) is 1.18. The summed E-state index contributed by atoms with van der Waals surface area (Å²) < 4.78 is 2.18. The van der Waals surface area contributed by atoms with Crippen LogP contribution in [0, 0.1) is 5.92 Å². The summed E-state index contributed by atoms with van der Waals surface area (Å²) in [5.41, 5.74) is 2.64. The van der Waals surface area contributed by atoms with Gasteiger partial charge in [0.25, 0.3) is 0 Å². The van der Waals surface area contributed by atoms with Crippen LogP contribution in [0.25, 0.3) is 6.08 Å². The second-order valence-corrected chi connectivity index (χ2v) is 5.95. The van der Waals surface area contributed by atoms with Gasteiger partial charge >= 0.3 is 0 Å². The Balaban J connectivity index is 3.01. The predicted molar refractivity (Wildman–Crippen MR) is 78.5 cm³/mol. The maximum absolute atomic E-state index is 3.52. The Bertz CT molecular complexity index is 367. The van der Waals surface area contributed by atoms with Crippen molar-refractivity contribution >= 4 is 53.9 Å². The van der Waals surface area contributed by atoms with Crippen LogP contribution >= 0.6 is 47.8 Å². The van der Waals surface area contributed by atoms with E-state index in [0.717, 1.165) is 14.3 Å². The van der Waals surface area contributed by atoms with Crippen LogP contribution in [0.5, 0.6) is 0 Å². The first kappa shape index (κ1) is 13.5. The molecule has 0 N–H and O–H groups in total. The van der Waals surface area contributed by atoms with Crippen LogP contribution in [0.3, 0.4) is 0 Å². The van der Waals surface area contributed by atoms with Gasteiger partial charge in [0.2, 0.25) is 0 Å². The van der Waals surface area contributed by atoms with Crippen molar-refractivity contribution < 1.29 is 0 Å². The molecule has 0 fully saturated rings. The van der Waals surface area contributed by atoms with Crippen molar-refractivity contribution in [2.24, 2.45) is 5.92 Å². The van der Waals surface area contributed by atoms with Gasteiger partial charge in [-0.05, 0) is 55.5 Å². The fraction of sp³-hybridized carbons (Fsp3) is 0.333. The van der Waals surface area contributed by atoms with E-state index in [4.69, 9.17) is 0 Å². The maximum Gasteiger partial charge on any atom is 0.0323 e. The Kier molecular flexibility index (Phi) is 5.58. The van der Waals surface area contributed by atoms with Crippen molar-refractivity contribution in [3.05, 3.63) is 38.3 Å². The summed E-state index contributed by atoms with van der Waals surface area (Å²) in [5.74, 6) is 0.576. The lowest BCUT2D eigenvalue weighted by Gasteiger charge is -2.08. The molecule has 0 amide bonds. The lowest BCUT2D eigenvalue weighted by molar-refractivity contribution is 0.781. The van der Waals surface area contributed by atoms with Gasteiger partial charge in [0.1, 0.15) is 0 Å². The second kappa shape index (κ2) is 6.21. The monoisotopic (exact) mass is 394 g/mol. The smallest absolute Gasteiger partial charge is 0.0323 e. The van der Waals surface area contributed by atoms with E-state index in [9.17, 15) is 0 Å². The zero-order valence-corrected chi connectivity index (χ0v) is 13.5. The molecule has 3 heteroatoms. The van der Waals surface area contributed by atoms with E-state index in [-0.39, 0.29) is 0 Å². The average Bonchev–Trinajstić information content (AvgIpc) is 2.19. The summed E-state index contributed by atoms with van der Waals surface area (Å²) in [6, 6.07) is 6.29. The summed E-state index contributed by atoms with van der Waals surface area (Å²) in [5, 5.41) is 0.929. The van der Waals surface area contributed by atoms with Crippen LogP contribution in [0.4, 0.5) is 0 Å².